The maximum absolute atomic E-state index is 13.0. The van der Waals surface area contributed by atoms with E-state index in [1.54, 1.807) is 18.2 Å². The number of rotatable bonds is 7. The van der Waals surface area contributed by atoms with Crippen LogP contribution < -0.4 is 21.1 Å². The van der Waals surface area contributed by atoms with Crippen molar-refractivity contribution in [3.63, 3.8) is 0 Å². The molecule has 4 rings (SSSR count). The predicted octanol–water partition coefficient (Wildman–Crippen LogP) is 4.80. The third-order valence-corrected chi connectivity index (χ3v) is 5.90. The monoisotopic (exact) mass is 559 g/mol. The van der Waals surface area contributed by atoms with Gasteiger partial charge in [-0.3, -0.25) is 14.6 Å². The van der Waals surface area contributed by atoms with Crippen molar-refractivity contribution >= 4 is 29.1 Å². The van der Waals surface area contributed by atoms with E-state index in [0.717, 1.165) is 22.4 Å². The highest BCUT2D eigenvalue weighted by molar-refractivity contribution is 6.33. The summed E-state index contributed by atoms with van der Waals surface area (Å²) in [5.74, 6) is -0.690. The van der Waals surface area contributed by atoms with E-state index >= 15 is 0 Å². The lowest BCUT2D eigenvalue weighted by molar-refractivity contribution is -0.137. The number of benzene rings is 3. The highest BCUT2D eigenvalue weighted by Crippen LogP contribution is 2.31. The number of amides is 2. The first-order chi connectivity index (χ1) is 18.5. The highest BCUT2D eigenvalue weighted by atomic mass is 35.5. The fourth-order valence-electron chi connectivity index (χ4n) is 3.68. The molecule has 3 aromatic carbocycles. The van der Waals surface area contributed by atoms with Gasteiger partial charge >= 0.3 is 11.9 Å². The second-order valence-electron chi connectivity index (χ2n) is 8.33. The van der Waals surface area contributed by atoms with Crippen LogP contribution in [0.2, 0.25) is 5.02 Å². The molecule has 4 aromatic rings. The standard InChI is InChI=1S/C26H21ClF3N5O4/c1-14(36)31-13-15-6-9-21(27)20(10-15)23-33-25(38)35(34-23)18-7-8-19(22(12-18)39-2)24(37)32-17-5-3-4-16(11-17)26(28,29)30/h3-12H,13H2,1-2H3,(H,31,36)(H,32,37)(H,33,34,38). The molecular formula is C26H21ClF3N5O4. The molecular weight excluding hydrogens is 539 g/mol. The first-order valence-corrected chi connectivity index (χ1v) is 11.7. The number of alkyl halides is 3. The van der Waals surface area contributed by atoms with Gasteiger partial charge in [-0.25, -0.2) is 4.79 Å². The number of ether oxygens (including phenoxy) is 1. The van der Waals surface area contributed by atoms with Gasteiger partial charge in [0.2, 0.25) is 5.91 Å². The zero-order valence-electron chi connectivity index (χ0n) is 20.5. The van der Waals surface area contributed by atoms with Gasteiger partial charge in [0, 0.05) is 30.8 Å². The van der Waals surface area contributed by atoms with Crippen molar-refractivity contribution in [2.24, 2.45) is 0 Å². The molecule has 3 N–H and O–H groups in total. The Hall–Kier alpha value is -4.58. The van der Waals surface area contributed by atoms with E-state index in [0.29, 0.717) is 10.6 Å². The van der Waals surface area contributed by atoms with Gasteiger partial charge in [0.25, 0.3) is 5.91 Å². The number of hydrogen-bond acceptors (Lipinski definition) is 5. The Morgan fingerprint density at radius 1 is 1.10 bits per heavy atom. The lowest BCUT2D eigenvalue weighted by Crippen LogP contribution is -2.18. The Morgan fingerprint density at radius 3 is 2.56 bits per heavy atom. The number of H-pyrrole nitrogens is 1. The van der Waals surface area contributed by atoms with Crippen molar-refractivity contribution in [2.75, 3.05) is 12.4 Å². The van der Waals surface area contributed by atoms with Gasteiger partial charge in [0.1, 0.15) is 5.75 Å². The number of nitrogens with zero attached hydrogens (tertiary/aromatic N) is 2. The molecule has 0 fully saturated rings. The molecule has 0 aliphatic heterocycles. The molecule has 0 saturated carbocycles. The van der Waals surface area contributed by atoms with Crippen molar-refractivity contribution in [2.45, 2.75) is 19.6 Å². The van der Waals surface area contributed by atoms with Crippen LogP contribution in [0.25, 0.3) is 17.1 Å². The van der Waals surface area contributed by atoms with Crippen LogP contribution in [0, 0.1) is 0 Å². The van der Waals surface area contributed by atoms with Crippen molar-refractivity contribution in [3.8, 4) is 22.8 Å². The van der Waals surface area contributed by atoms with E-state index in [9.17, 15) is 27.6 Å². The van der Waals surface area contributed by atoms with Crippen LogP contribution >= 0.6 is 11.6 Å². The van der Waals surface area contributed by atoms with Gasteiger partial charge in [0.15, 0.2) is 5.82 Å². The predicted molar refractivity (Wildman–Crippen MR) is 138 cm³/mol. The summed E-state index contributed by atoms with van der Waals surface area (Å²) in [5, 5.41) is 9.73. The topological polar surface area (TPSA) is 118 Å². The second-order valence-corrected chi connectivity index (χ2v) is 8.74. The van der Waals surface area contributed by atoms with Crippen LogP contribution in [-0.2, 0) is 17.5 Å². The molecule has 0 atom stereocenters. The third kappa shape index (κ3) is 6.29. The zero-order chi connectivity index (χ0) is 28.3. The summed E-state index contributed by atoms with van der Waals surface area (Å²) in [6.45, 7) is 1.65. The minimum Gasteiger partial charge on any atom is -0.496 e. The summed E-state index contributed by atoms with van der Waals surface area (Å²) >= 11 is 6.32. The summed E-state index contributed by atoms with van der Waals surface area (Å²) in [6.07, 6.45) is -4.56. The second kappa shape index (κ2) is 11.0. The largest absolute Gasteiger partial charge is 0.496 e. The first kappa shape index (κ1) is 27.5. The molecule has 0 bridgehead atoms. The lowest BCUT2D eigenvalue weighted by atomic mass is 10.1. The Labute approximate surface area is 224 Å². The fraction of sp³-hybridized carbons (Fsp3) is 0.154. The van der Waals surface area contributed by atoms with Gasteiger partial charge in [-0.1, -0.05) is 23.7 Å². The Balaban J connectivity index is 1.62. The summed E-state index contributed by atoms with van der Waals surface area (Å²) in [4.78, 5) is 39.4. The zero-order valence-corrected chi connectivity index (χ0v) is 21.3. The molecule has 202 valence electrons. The Kier molecular flexibility index (Phi) is 7.77. The molecule has 13 heteroatoms. The van der Waals surface area contributed by atoms with E-state index < -0.39 is 23.3 Å². The number of carbonyl (C=O) groups is 2. The Morgan fingerprint density at radius 2 is 1.87 bits per heavy atom. The minimum absolute atomic E-state index is 0.0242. The average Bonchev–Trinajstić information content (AvgIpc) is 3.28. The summed E-state index contributed by atoms with van der Waals surface area (Å²) in [7, 11) is 1.30. The lowest BCUT2D eigenvalue weighted by Gasteiger charge is -2.12. The first-order valence-electron chi connectivity index (χ1n) is 11.4. The summed E-state index contributed by atoms with van der Waals surface area (Å²) in [6, 6.07) is 13.4. The van der Waals surface area contributed by atoms with E-state index in [1.165, 1.54) is 44.4 Å². The molecule has 0 aliphatic carbocycles. The van der Waals surface area contributed by atoms with Crippen LogP contribution in [0.4, 0.5) is 18.9 Å². The number of carbonyl (C=O) groups excluding carboxylic acids is 2. The third-order valence-electron chi connectivity index (χ3n) is 5.57. The quantitative estimate of drug-likeness (QED) is 0.301. The fourth-order valence-corrected chi connectivity index (χ4v) is 3.89. The van der Waals surface area contributed by atoms with Crippen LogP contribution in [0.1, 0.15) is 28.4 Å². The summed E-state index contributed by atoms with van der Waals surface area (Å²) < 4.78 is 45.4. The molecule has 0 aliphatic rings. The van der Waals surface area contributed by atoms with Crippen LogP contribution in [-0.4, -0.2) is 33.7 Å². The molecule has 39 heavy (non-hydrogen) atoms. The smallest absolute Gasteiger partial charge is 0.416 e. The number of anilines is 1. The maximum atomic E-state index is 13.0. The van der Waals surface area contributed by atoms with E-state index in [-0.39, 0.29) is 41.0 Å². The maximum Gasteiger partial charge on any atom is 0.416 e. The highest BCUT2D eigenvalue weighted by Gasteiger charge is 2.30. The Bertz CT molecular complexity index is 1610. The molecule has 1 aromatic heterocycles. The number of hydrogen-bond donors (Lipinski definition) is 3. The van der Waals surface area contributed by atoms with E-state index in [4.69, 9.17) is 16.3 Å². The molecule has 2 amide bonds. The van der Waals surface area contributed by atoms with Crippen LogP contribution in [0.3, 0.4) is 0 Å². The van der Waals surface area contributed by atoms with E-state index in [1.807, 2.05) is 0 Å². The number of halogens is 4. The van der Waals surface area contributed by atoms with Crippen molar-refractivity contribution in [3.05, 3.63) is 92.9 Å². The summed E-state index contributed by atoms with van der Waals surface area (Å²) in [5.41, 5.74) is -0.116. The number of nitrogens with one attached hydrogen (secondary N) is 3. The minimum atomic E-state index is -4.56. The van der Waals surface area contributed by atoms with Crippen molar-refractivity contribution in [1.29, 1.82) is 0 Å². The van der Waals surface area contributed by atoms with E-state index in [2.05, 4.69) is 20.7 Å². The molecule has 1 heterocycles. The van der Waals surface area contributed by atoms with Gasteiger partial charge in [-0.05, 0) is 48.0 Å². The average molecular weight is 560 g/mol. The van der Waals surface area contributed by atoms with Gasteiger partial charge < -0.3 is 15.4 Å². The van der Waals surface area contributed by atoms with Crippen LogP contribution in [0.15, 0.2) is 65.5 Å². The molecule has 9 nitrogen and oxygen atoms in total. The van der Waals surface area contributed by atoms with Gasteiger partial charge in [-0.15, -0.1) is 5.10 Å². The number of aromatic nitrogens is 3. The number of aromatic amines is 1. The van der Waals surface area contributed by atoms with Crippen molar-refractivity contribution in [1.82, 2.24) is 20.1 Å². The normalized spacial score (nSPS) is 11.2. The SMILES string of the molecule is COc1cc(-n2nc(-c3cc(CNC(C)=O)ccc3Cl)[nH]c2=O)ccc1C(=O)Nc1cccc(C(F)(F)F)c1. The van der Waals surface area contributed by atoms with Gasteiger partial charge in [0.05, 0.1) is 28.9 Å². The van der Waals surface area contributed by atoms with Crippen LogP contribution in [0.5, 0.6) is 5.75 Å². The molecule has 0 saturated heterocycles. The van der Waals surface area contributed by atoms with Crippen molar-refractivity contribution < 1.29 is 27.5 Å². The molecule has 0 radical (unpaired) electrons. The number of methoxy groups -OCH3 is 1. The molecule has 0 spiro atoms. The van der Waals surface area contributed by atoms with Gasteiger partial charge in [-0.2, -0.15) is 17.9 Å². The molecule has 0 unspecified atom stereocenters.